The van der Waals surface area contributed by atoms with Crippen LogP contribution in [0.3, 0.4) is 0 Å². The molecule has 2 rings (SSSR count). The Labute approximate surface area is 90.6 Å². The van der Waals surface area contributed by atoms with E-state index >= 15 is 0 Å². The van der Waals surface area contributed by atoms with E-state index in [4.69, 9.17) is 4.74 Å². The summed E-state index contributed by atoms with van der Waals surface area (Å²) in [6, 6.07) is 3.17. The first-order valence-electron chi connectivity index (χ1n) is 4.40. The van der Waals surface area contributed by atoms with E-state index in [0.29, 0.717) is 0 Å². The summed E-state index contributed by atoms with van der Waals surface area (Å²) in [5, 5.41) is 2.86. The highest BCUT2D eigenvalue weighted by Gasteiger charge is 2.04. The average molecular weight is 224 g/mol. The molecule has 0 spiro atoms. The molecule has 0 saturated carbocycles. The standard InChI is InChI=1S/C10H9FN2OS/c1-7-13-8(6-15-7)5-14-9-3-2-4-12-10(9)11/h2-4,6H,5H2,1H3. The zero-order chi connectivity index (χ0) is 10.7. The molecule has 78 valence electrons. The van der Waals surface area contributed by atoms with Crippen LogP contribution in [0, 0.1) is 12.9 Å². The van der Waals surface area contributed by atoms with Crippen LogP contribution in [0.4, 0.5) is 4.39 Å². The summed E-state index contributed by atoms with van der Waals surface area (Å²) < 4.78 is 18.3. The second kappa shape index (κ2) is 4.35. The summed E-state index contributed by atoms with van der Waals surface area (Å²) in [5.41, 5.74) is 0.806. The van der Waals surface area contributed by atoms with Crippen LogP contribution in [0.1, 0.15) is 10.7 Å². The van der Waals surface area contributed by atoms with Crippen molar-refractivity contribution in [3.63, 3.8) is 0 Å². The number of pyridine rings is 1. The SMILES string of the molecule is Cc1nc(COc2cccnc2F)cs1. The molecule has 0 saturated heterocycles. The topological polar surface area (TPSA) is 35.0 Å². The van der Waals surface area contributed by atoms with Crippen molar-refractivity contribution in [3.8, 4) is 5.75 Å². The summed E-state index contributed by atoms with van der Waals surface area (Å²) in [6.07, 6.45) is 1.38. The Hall–Kier alpha value is -1.49. The van der Waals surface area contributed by atoms with Gasteiger partial charge in [0, 0.05) is 11.6 Å². The average Bonchev–Trinajstić information content (AvgIpc) is 2.63. The van der Waals surface area contributed by atoms with Crippen LogP contribution in [0.5, 0.6) is 5.75 Å². The number of hydrogen-bond acceptors (Lipinski definition) is 4. The largest absolute Gasteiger partial charge is 0.482 e. The molecule has 0 amide bonds. The molecule has 0 aliphatic rings. The molecule has 15 heavy (non-hydrogen) atoms. The molecular formula is C10H9FN2OS. The van der Waals surface area contributed by atoms with Crippen LogP contribution < -0.4 is 4.74 Å². The van der Waals surface area contributed by atoms with E-state index in [1.165, 1.54) is 6.20 Å². The first-order chi connectivity index (χ1) is 7.25. The van der Waals surface area contributed by atoms with Gasteiger partial charge in [-0.1, -0.05) is 0 Å². The molecule has 0 atom stereocenters. The highest BCUT2D eigenvalue weighted by Crippen LogP contribution is 2.15. The normalized spacial score (nSPS) is 10.3. The third-order valence-electron chi connectivity index (χ3n) is 1.77. The molecule has 0 N–H and O–H groups in total. The van der Waals surface area contributed by atoms with Crippen LogP contribution in [0.25, 0.3) is 0 Å². The minimum absolute atomic E-state index is 0.156. The second-order valence-electron chi connectivity index (χ2n) is 2.94. The number of thiazole rings is 1. The molecule has 0 fully saturated rings. The van der Waals surface area contributed by atoms with Gasteiger partial charge in [0.15, 0.2) is 5.75 Å². The number of aryl methyl sites for hydroxylation is 1. The van der Waals surface area contributed by atoms with Crippen molar-refractivity contribution in [2.45, 2.75) is 13.5 Å². The van der Waals surface area contributed by atoms with E-state index in [0.717, 1.165) is 10.7 Å². The van der Waals surface area contributed by atoms with Crippen molar-refractivity contribution in [3.05, 3.63) is 40.4 Å². The van der Waals surface area contributed by atoms with Crippen LogP contribution in [-0.4, -0.2) is 9.97 Å². The molecule has 2 aromatic heterocycles. The maximum Gasteiger partial charge on any atom is 0.255 e. The first kappa shape index (κ1) is 10.0. The molecule has 2 aromatic rings. The van der Waals surface area contributed by atoms with Crippen molar-refractivity contribution in [2.75, 3.05) is 0 Å². The van der Waals surface area contributed by atoms with Crippen molar-refractivity contribution in [1.82, 2.24) is 9.97 Å². The Bertz CT molecular complexity index is 458. The van der Waals surface area contributed by atoms with Crippen molar-refractivity contribution in [1.29, 1.82) is 0 Å². The highest BCUT2D eigenvalue weighted by atomic mass is 32.1. The van der Waals surface area contributed by atoms with Crippen molar-refractivity contribution < 1.29 is 9.13 Å². The Morgan fingerprint density at radius 3 is 3.07 bits per heavy atom. The lowest BCUT2D eigenvalue weighted by atomic mass is 10.4. The fraction of sp³-hybridized carbons (Fsp3) is 0.200. The lowest BCUT2D eigenvalue weighted by molar-refractivity contribution is 0.282. The molecule has 0 radical (unpaired) electrons. The molecule has 0 aliphatic carbocycles. The Morgan fingerprint density at radius 2 is 2.40 bits per heavy atom. The van der Waals surface area contributed by atoms with Crippen LogP contribution >= 0.6 is 11.3 Å². The molecule has 0 bridgehead atoms. The van der Waals surface area contributed by atoms with Crippen molar-refractivity contribution in [2.24, 2.45) is 0 Å². The molecular weight excluding hydrogens is 215 g/mol. The maximum absolute atomic E-state index is 13.0. The van der Waals surface area contributed by atoms with Gasteiger partial charge in [-0.2, -0.15) is 4.39 Å². The summed E-state index contributed by atoms with van der Waals surface area (Å²) >= 11 is 1.54. The third kappa shape index (κ3) is 2.50. The van der Waals surface area contributed by atoms with E-state index < -0.39 is 5.95 Å². The fourth-order valence-corrected chi connectivity index (χ4v) is 1.70. The van der Waals surface area contributed by atoms with Gasteiger partial charge in [0.2, 0.25) is 0 Å². The van der Waals surface area contributed by atoms with Gasteiger partial charge in [0.05, 0.1) is 10.7 Å². The van der Waals surface area contributed by atoms with Gasteiger partial charge in [-0.15, -0.1) is 11.3 Å². The van der Waals surface area contributed by atoms with Gasteiger partial charge in [0.1, 0.15) is 6.61 Å². The van der Waals surface area contributed by atoms with Gasteiger partial charge >= 0.3 is 0 Å². The molecule has 3 nitrogen and oxygen atoms in total. The van der Waals surface area contributed by atoms with Gasteiger partial charge in [-0.3, -0.25) is 0 Å². The molecule has 2 heterocycles. The zero-order valence-electron chi connectivity index (χ0n) is 8.11. The number of halogens is 1. The van der Waals surface area contributed by atoms with Crippen LogP contribution in [0.15, 0.2) is 23.7 Å². The van der Waals surface area contributed by atoms with E-state index in [9.17, 15) is 4.39 Å². The van der Waals surface area contributed by atoms with E-state index in [1.807, 2.05) is 12.3 Å². The number of nitrogens with zero attached hydrogens (tertiary/aromatic N) is 2. The number of rotatable bonds is 3. The van der Waals surface area contributed by atoms with Crippen LogP contribution in [-0.2, 0) is 6.61 Å². The van der Waals surface area contributed by atoms with Gasteiger partial charge in [0.25, 0.3) is 5.95 Å². The number of ether oxygens (including phenoxy) is 1. The summed E-state index contributed by atoms with van der Waals surface area (Å²) in [6.45, 7) is 2.19. The molecule has 0 aliphatic heterocycles. The van der Waals surface area contributed by atoms with E-state index in [1.54, 1.807) is 23.5 Å². The van der Waals surface area contributed by atoms with Crippen molar-refractivity contribution >= 4 is 11.3 Å². The van der Waals surface area contributed by atoms with E-state index in [-0.39, 0.29) is 12.4 Å². The Morgan fingerprint density at radius 1 is 1.53 bits per heavy atom. The monoisotopic (exact) mass is 224 g/mol. The minimum atomic E-state index is -0.593. The van der Waals surface area contributed by atoms with E-state index in [2.05, 4.69) is 9.97 Å². The van der Waals surface area contributed by atoms with Gasteiger partial charge in [-0.25, -0.2) is 9.97 Å². The van der Waals surface area contributed by atoms with Crippen LogP contribution in [0.2, 0.25) is 0 Å². The second-order valence-corrected chi connectivity index (χ2v) is 4.00. The first-order valence-corrected chi connectivity index (χ1v) is 5.28. The molecule has 0 unspecified atom stereocenters. The predicted molar refractivity (Wildman–Crippen MR) is 55.4 cm³/mol. The summed E-state index contributed by atoms with van der Waals surface area (Å²) in [7, 11) is 0. The predicted octanol–water partition coefficient (Wildman–Crippen LogP) is 2.56. The minimum Gasteiger partial charge on any atom is -0.482 e. The number of aromatic nitrogens is 2. The number of hydrogen-bond donors (Lipinski definition) is 0. The lowest BCUT2D eigenvalue weighted by Crippen LogP contribution is -1.98. The Kier molecular flexibility index (Phi) is 2.91. The quantitative estimate of drug-likeness (QED) is 0.751. The smallest absolute Gasteiger partial charge is 0.255 e. The summed E-state index contributed by atoms with van der Waals surface area (Å²) in [5.74, 6) is -0.437. The zero-order valence-corrected chi connectivity index (χ0v) is 8.92. The van der Waals surface area contributed by atoms with Gasteiger partial charge < -0.3 is 4.74 Å². The fourth-order valence-electron chi connectivity index (χ4n) is 1.11. The van der Waals surface area contributed by atoms with Gasteiger partial charge in [-0.05, 0) is 19.1 Å². The third-order valence-corrected chi connectivity index (χ3v) is 2.59. The maximum atomic E-state index is 13.0. The summed E-state index contributed by atoms with van der Waals surface area (Å²) in [4.78, 5) is 7.69. The lowest BCUT2D eigenvalue weighted by Gasteiger charge is -2.03. The Balaban J connectivity index is 2.02. The molecule has 5 heteroatoms. The molecule has 0 aromatic carbocycles. The highest BCUT2D eigenvalue weighted by molar-refractivity contribution is 7.09.